The molecule has 1 saturated heterocycles. The number of carbonyl (C=O) groups excluding carboxylic acids is 1. The van der Waals surface area contributed by atoms with Crippen LogP contribution in [0.3, 0.4) is 0 Å². The molecule has 5 nitrogen and oxygen atoms in total. The molecule has 0 bridgehead atoms. The molecule has 0 radical (unpaired) electrons. The lowest BCUT2D eigenvalue weighted by molar-refractivity contribution is -0.0858. The molecule has 1 heterocycles. The van der Waals surface area contributed by atoms with E-state index in [-0.39, 0.29) is 30.5 Å². The summed E-state index contributed by atoms with van der Waals surface area (Å²) in [6.07, 6.45) is -0.447. The first-order valence-corrected chi connectivity index (χ1v) is 7.13. The van der Waals surface area contributed by atoms with Crippen LogP contribution >= 0.6 is 22.6 Å². The summed E-state index contributed by atoms with van der Waals surface area (Å²) in [7, 11) is 0. The number of nitrogens with zero attached hydrogens (tertiary/aromatic N) is 1. The first-order chi connectivity index (χ1) is 9.01. The molecule has 19 heavy (non-hydrogen) atoms. The Kier molecular flexibility index (Phi) is 4.64. The number of aromatic hydroxyl groups is 1. The molecule has 2 unspecified atom stereocenters. The van der Waals surface area contributed by atoms with Gasteiger partial charge in [0.05, 0.1) is 22.4 Å². The number of ether oxygens (including phenoxy) is 1. The SMILES string of the molecule is CC1CN(C(=O)c2ccc(I)c(O)c2)CC(CO)O1. The monoisotopic (exact) mass is 377 g/mol. The highest BCUT2D eigenvalue weighted by Crippen LogP contribution is 2.22. The molecule has 0 saturated carbocycles. The molecule has 1 aliphatic rings. The number of rotatable bonds is 2. The number of phenolic OH excluding ortho intramolecular Hbond substituents is 1. The normalized spacial score (nSPS) is 23.4. The molecule has 1 aliphatic heterocycles. The zero-order valence-corrected chi connectivity index (χ0v) is 12.7. The van der Waals surface area contributed by atoms with Crippen LogP contribution in [-0.4, -0.2) is 52.9 Å². The Morgan fingerprint density at radius 2 is 2.26 bits per heavy atom. The molecule has 2 N–H and O–H groups in total. The number of morpholine rings is 1. The number of amides is 1. The quantitative estimate of drug-likeness (QED) is 0.761. The highest BCUT2D eigenvalue weighted by molar-refractivity contribution is 14.1. The van der Waals surface area contributed by atoms with Crippen molar-refractivity contribution < 1.29 is 19.7 Å². The highest BCUT2D eigenvalue weighted by atomic mass is 127. The van der Waals surface area contributed by atoms with Crippen molar-refractivity contribution in [2.24, 2.45) is 0 Å². The number of phenols is 1. The van der Waals surface area contributed by atoms with Gasteiger partial charge in [-0.05, 0) is 47.7 Å². The van der Waals surface area contributed by atoms with E-state index in [9.17, 15) is 9.90 Å². The minimum atomic E-state index is -0.342. The van der Waals surface area contributed by atoms with Crippen LogP contribution in [0.2, 0.25) is 0 Å². The van der Waals surface area contributed by atoms with Gasteiger partial charge in [-0.1, -0.05) is 0 Å². The molecule has 1 fully saturated rings. The lowest BCUT2D eigenvalue weighted by Gasteiger charge is -2.36. The van der Waals surface area contributed by atoms with Gasteiger partial charge in [0.2, 0.25) is 0 Å². The van der Waals surface area contributed by atoms with Crippen LogP contribution in [0.1, 0.15) is 17.3 Å². The second-order valence-corrected chi connectivity index (χ2v) is 5.79. The predicted octanol–water partition coefficient (Wildman–Crippen LogP) is 1.22. The Labute approximate surface area is 125 Å². The van der Waals surface area contributed by atoms with Gasteiger partial charge in [0.1, 0.15) is 5.75 Å². The summed E-state index contributed by atoms with van der Waals surface area (Å²) in [5, 5.41) is 18.8. The molecule has 1 aromatic rings. The third-order valence-electron chi connectivity index (χ3n) is 3.01. The Morgan fingerprint density at radius 1 is 1.53 bits per heavy atom. The summed E-state index contributed by atoms with van der Waals surface area (Å²) >= 11 is 2.00. The number of hydrogen-bond donors (Lipinski definition) is 2. The molecule has 2 atom stereocenters. The number of halogens is 1. The van der Waals surface area contributed by atoms with Crippen molar-refractivity contribution in [3.8, 4) is 5.75 Å². The molecular formula is C13H16INO4. The number of aliphatic hydroxyl groups is 1. The fraction of sp³-hybridized carbons (Fsp3) is 0.462. The van der Waals surface area contributed by atoms with Gasteiger partial charge in [-0.15, -0.1) is 0 Å². The van der Waals surface area contributed by atoms with E-state index in [2.05, 4.69) is 0 Å². The number of carbonyl (C=O) groups is 1. The summed E-state index contributed by atoms with van der Waals surface area (Å²) in [6.45, 7) is 2.62. The zero-order chi connectivity index (χ0) is 14.0. The van der Waals surface area contributed by atoms with Crippen LogP contribution in [0.25, 0.3) is 0 Å². The number of aliphatic hydroxyl groups excluding tert-OH is 1. The minimum Gasteiger partial charge on any atom is -0.507 e. The van der Waals surface area contributed by atoms with Gasteiger partial charge in [-0.3, -0.25) is 4.79 Å². The van der Waals surface area contributed by atoms with E-state index in [1.165, 1.54) is 6.07 Å². The molecule has 2 rings (SSSR count). The van der Waals surface area contributed by atoms with Gasteiger partial charge < -0.3 is 19.8 Å². The maximum Gasteiger partial charge on any atom is 0.254 e. The fourth-order valence-electron chi connectivity index (χ4n) is 2.14. The van der Waals surface area contributed by atoms with Crippen molar-refractivity contribution in [3.63, 3.8) is 0 Å². The second kappa shape index (κ2) is 6.06. The third-order valence-corrected chi connectivity index (χ3v) is 3.92. The van der Waals surface area contributed by atoms with Crippen molar-refractivity contribution in [3.05, 3.63) is 27.3 Å². The highest BCUT2D eigenvalue weighted by Gasteiger charge is 2.28. The van der Waals surface area contributed by atoms with Crippen LogP contribution < -0.4 is 0 Å². The van der Waals surface area contributed by atoms with E-state index in [0.717, 1.165) is 0 Å². The first kappa shape index (κ1) is 14.5. The van der Waals surface area contributed by atoms with Gasteiger partial charge in [-0.2, -0.15) is 0 Å². The predicted molar refractivity (Wildman–Crippen MR) is 78.1 cm³/mol. The summed E-state index contributed by atoms with van der Waals surface area (Å²) in [5.41, 5.74) is 0.448. The van der Waals surface area contributed by atoms with Crippen molar-refractivity contribution in [1.82, 2.24) is 4.90 Å². The van der Waals surface area contributed by atoms with E-state index < -0.39 is 0 Å². The molecule has 1 aromatic carbocycles. The van der Waals surface area contributed by atoms with Gasteiger partial charge in [0, 0.05) is 18.7 Å². The molecular weight excluding hydrogens is 361 g/mol. The lowest BCUT2D eigenvalue weighted by Crippen LogP contribution is -2.50. The van der Waals surface area contributed by atoms with Crippen LogP contribution in [0.15, 0.2) is 18.2 Å². The molecule has 6 heteroatoms. The Hall–Kier alpha value is -0.860. The standard InChI is InChI=1S/C13H16INO4/c1-8-5-15(6-10(7-16)19-8)13(18)9-2-3-11(14)12(17)4-9/h2-4,8,10,16-17H,5-7H2,1H3. The topological polar surface area (TPSA) is 70.0 Å². The van der Waals surface area contributed by atoms with Crippen molar-refractivity contribution in [1.29, 1.82) is 0 Å². The average Bonchev–Trinajstić information content (AvgIpc) is 2.40. The second-order valence-electron chi connectivity index (χ2n) is 4.63. The van der Waals surface area contributed by atoms with Crippen molar-refractivity contribution >= 4 is 28.5 Å². The van der Waals surface area contributed by atoms with Crippen molar-refractivity contribution in [2.45, 2.75) is 19.1 Å². The lowest BCUT2D eigenvalue weighted by atomic mass is 10.1. The maximum absolute atomic E-state index is 12.3. The smallest absolute Gasteiger partial charge is 0.254 e. The Balaban J connectivity index is 2.16. The first-order valence-electron chi connectivity index (χ1n) is 6.05. The fourth-order valence-corrected chi connectivity index (χ4v) is 2.48. The van der Waals surface area contributed by atoms with E-state index in [4.69, 9.17) is 9.84 Å². The van der Waals surface area contributed by atoms with E-state index in [0.29, 0.717) is 22.2 Å². The molecule has 0 spiro atoms. The van der Waals surface area contributed by atoms with Crippen LogP contribution in [0, 0.1) is 3.57 Å². The van der Waals surface area contributed by atoms with Gasteiger partial charge in [-0.25, -0.2) is 0 Å². The molecule has 0 aromatic heterocycles. The average molecular weight is 377 g/mol. The number of hydrogen-bond acceptors (Lipinski definition) is 4. The minimum absolute atomic E-state index is 0.103. The van der Waals surface area contributed by atoms with E-state index in [1.54, 1.807) is 17.0 Å². The molecule has 0 aliphatic carbocycles. The summed E-state index contributed by atoms with van der Waals surface area (Å²) in [6, 6.07) is 4.87. The zero-order valence-electron chi connectivity index (χ0n) is 10.5. The maximum atomic E-state index is 12.3. The Bertz CT molecular complexity index is 480. The third kappa shape index (κ3) is 3.37. The largest absolute Gasteiger partial charge is 0.507 e. The van der Waals surface area contributed by atoms with Gasteiger partial charge in [0.15, 0.2) is 0 Å². The molecule has 104 valence electrons. The summed E-state index contributed by atoms with van der Waals surface area (Å²) in [5.74, 6) is -0.0493. The van der Waals surface area contributed by atoms with Crippen LogP contribution in [-0.2, 0) is 4.74 Å². The van der Waals surface area contributed by atoms with E-state index >= 15 is 0 Å². The van der Waals surface area contributed by atoms with Crippen LogP contribution in [0.5, 0.6) is 5.75 Å². The van der Waals surface area contributed by atoms with Crippen molar-refractivity contribution in [2.75, 3.05) is 19.7 Å². The van der Waals surface area contributed by atoms with Gasteiger partial charge >= 0.3 is 0 Å². The summed E-state index contributed by atoms with van der Waals surface area (Å²) in [4.78, 5) is 14.0. The molecule has 1 amide bonds. The van der Waals surface area contributed by atoms with Gasteiger partial charge in [0.25, 0.3) is 5.91 Å². The Morgan fingerprint density at radius 3 is 2.89 bits per heavy atom. The van der Waals surface area contributed by atoms with E-state index in [1.807, 2.05) is 29.5 Å². The summed E-state index contributed by atoms with van der Waals surface area (Å²) < 4.78 is 6.21. The number of benzene rings is 1. The van der Waals surface area contributed by atoms with Crippen LogP contribution in [0.4, 0.5) is 0 Å².